The number of hydrogen-bond donors (Lipinski definition) is 5. The number of rotatable bonds is 9. The third kappa shape index (κ3) is 5.86. The van der Waals surface area contributed by atoms with Crippen LogP contribution >= 0.6 is 15.2 Å². The van der Waals surface area contributed by atoms with Crippen LogP contribution in [0.2, 0.25) is 0 Å². The van der Waals surface area contributed by atoms with E-state index in [1.54, 1.807) is 24.3 Å². The number of anilines is 1. The van der Waals surface area contributed by atoms with Crippen molar-refractivity contribution < 1.29 is 48.1 Å². The second kappa shape index (κ2) is 11.9. The molecule has 4 aromatic rings. The predicted octanol–water partition coefficient (Wildman–Crippen LogP) is 2.76. The van der Waals surface area contributed by atoms with Crippen molar-refractivity contribution in [2.45, 2.75) is 43.7 Å². The Morgan fingerprint density at radius 3 is 2.32 bits per heavy atom. The summed E-state index contributed by atoms with van der Waals surface area (Å²) in [5.74, 6) is -1.29. The van der Waals surface area contributed by atoms with Crippen molar-refractivity contribution in [3.8, 4) is 0 Å². The fourth-order valence-corrected chi connectivity index (χ4v) is 8.52. The zero-order chi connectivity index (χ0) is 33.9. The lowest BCUT2D eigenvalue weighted by molar-refractivity contribution is 0.0485. The van der Waals surface area contributed by atoms with E-state index in [1.807, 2.05) is 22.5 Å². The first kappa shape index (κ1) is 32.9. The fourth-order valence-electron chi connectivity index (χ4n) is 6.03. The highest BCUT2D eigenvalue weighted by molar-refractivity contribution is 7.72. The second-order valence-corrected chi connectivity index (χ2v) is 15.7. The minimum atomic E-state index is -5.82. The molecular weight excluding hydrogens is 656 g/mol. The van der Waals surface area contributed by atoms with E-state index in [0.29, 0.717) is 23.0 Å². The molecule has 3 aromatic heterocycles. The smallest absolute Gasteiger partial charge is 0.411 e. The van der Waals surface area contributed by atoms with Crippen molar-refractivity contribution in [3.05, 3.63) is 76.0 Å². The number of pyridine rings is 2. The predicted molar refractivity (Wildman–Crippen MR) is 169 cm³/mol. The number of aryl methyl sites for hydroxylation is 1. The van der Waals surface area contributed by atoms with Gasteiger partial charge in [0, 0.05) is 67.6 Å². The average Bonchev–Trinajstić information content (AvgIpc) is 3.79. The highest BCUT2D eigenvalue weighted by Crippen LogP contribution is 2.70. The largest absolute Gasteiger partial charge is 0.477 e. The molecule has 2 aliphatic rings. The van der Waals surface area contributed by atoms with Crippen molar-refractivity contribution in [1.82, 2.24) is 18.9 Å². The van der Waals surface area contributed by atoms with Crippen molar-refractivity contribution in [1.29, 1.82) is 0 Å². The maximum Gasteiger partial charge on any atom is 0.411 e. The van der Waals surface area contributed by atoms with Gasteiger partial charge in [-0.15, -0.1) is 0 Å². The Morgan fingerprint density at radius 2 is 1.72 bits per heavy atom. The van der Waals surface area contributed by atoms with Gasteiger partial charge < -0.3 is 48.2 Å². The summed E-state index contributed by atoms with van der Waals surface area (Å²) >= 11 is 0. The van der Waals surface area contributed by atoms with Gasteiger partial charge in [0.2, 0.25) is 5.43 Å². The number of imidazole rings is 1. The minimum absolute atomic E-state index is 0.00779. The fraction of sp³-hybridized carbons (Fsp3) is 0.379. The van der Waals surface area contributed by atoms with Crippen molar-refractivity contribution in [2.24, 2.45) is 0 Å². The molecule has 18 heteroatoms. The van der Waals surface area contributed by atoms with Gasteiger partial charge in [0.1, 0.15) is 11.2 Å². The monoisotopic (exact) mass is 689 g/mol. The maximum absolute atomic E-state index is 13.4. The lowest BCUT2D eigenvalue weighted by Gasteiger charge is -2.39. The Kier molecular flexibility index (Phi) is 8.32. The highest BCUT2D eigenvalue weighted by atomic mass is 31.2. The lowest BCUT2D eigenvalue weighted by Crippen LogP contribution is -2.51. The molecule has 0 atom stereocenters. The Bertz CT molecular complexity index is 2030. The Hall–Kier alpha value is -4.04. The number of ether oxygens (including phenoxy) is 1. The molecule has 5 N–H and O–H groups in total. The van der Waals surface area contributed by atoms with Crippen LogP contribution in [0.1, 0.15) is 47.4 Å². The molecule has 0 bridgehead atoms. The van der Waals surface area contributed by atoms with Crippen LogP contribution in [0.4, 0.5) is 10.5 Å². The summed E-state index contributed by atoms with van der Waals surface area (Å²) in [5.41, 5.74) is 1.65. The summed E-state index contributed by atoms with van der Waals surface area (Å²) in [7, 11) is -11.6. The van der Waals surface area contributed by atoms with E-state index in [4.69, 9.17) is 4.74 Å². The molecule has 2 fully saturated rings. The van der Waals surface area contributed by atoms with Crippen LogP contribution in [-0.2, 0) is 26.7 Å². The van der Waals surface area contributed by atoms with Crippen LogP contribution in [0.15, 0.2) is 53.7 Å². The lowest BCUT2D eigenvalue weighted by atomic mass is 10.0. The quantitative estimate of drug-likeness (QED) is 0.160. The summed E-state index contributed by atoms with van der Waals surface area (Å²) < 4.78 is 33.9. The van der Waals surface area contributed by atoms with E-state index in [2.05, 4.69) is 4.98 Å². The molecule has 47 heavy (non-hydrogen) atoms. The molecule has 1 amide bonds. The van der Waals surface area contributed by atoms with Crippen molar-refractivity contribution >= 4 is 49.5 Å². The molecule has 1 saturated heterocycles. The van der Waals surface area contributed by atoms with Crippen LogP contribution in [0.5, 0.6) is 0 Å². The molecule has 4 heterocycles. The van der Waals surface area contributed by atoms with E-state index >= 15 is 0 Å². The summed E-state index contributed by atoms with van der Waals surface area (Å²) in [6, 6.07) is 8.46. The number of aromatic nitrogens is 3. The number of carboxylic acid groups (broad SMARTS) is 1. The standard InChI is InChI=1S/C29H33N5O11P2/c1-2-18-13-21-24(34(19-6-7-19)17-22(26(21)35)27(36)37)14-23(18)31-9-11-32(12-10-31)28(38)45-29(46(39,40)41,47(42,43)44)15-20-16-30-25-5-3-4-8-33(20)25/h3-5,8,13-14,16-17,19H,2,6-7,9-12,15H2,1H3,(H,36,37)(H2,39,40,41)(H2,42,43,44). The van der Waals surface area contributed by atoms with Crippen molar-refractivity contribution in [3.63, 3.8) is 0 Å². The normalized spacial score (nSPS) is 16.2. The molecular formula is C29H33N5O11P2. The van der Waals surface area contributed by atoms with Gasteiger partial charge >= 0.3 is 32.3 Å². The van der Waals surface area contributed by atoms with Gasteiger partial charge in [-0.2, -0.15) is 0 Å². The molecule has 0 spiro atoms. The Balaban J connectivity index is 1.27. The summed E-state index contributed by atoms with van der Waals surface area (Å²) in [5, 5.41) is 6.42. The van der Waals surface area contributed by atoms with Crippen LogP contribution < -0.4 is 10.3 Å². The van der Waals surface area contributed by atoms with Crippen LogP contribution in [0.3, 0.4) is 0 Å². The maximum atomic E-state index is 13.4. The Labute approximate surface area is 267 Å². The number of amides is 1. The number of piperazine rings is 1. The molecule has 1 aliphatic heterocycles. The molecule has 6 rings (SSSR count). The Morgan fingerprint density at radius 1 is 1.04 bits per heavy atom. The molecule has 1 aliphatic carbocycles. The highest BCUT2D eigenvalue weighted by Gasteiger charge is 2.65. The topological polar surface area (TPSA) is 224 Å². The minimum Gasteiger partial charge on any atom is -0.477 e. The number of carboxylic acids is 1. The third-order valence-electron chi connectivity index (χ3n) is 8.73. The van der Waals surface area contributed by atoms with Gasteiger partial charge in [-0.3, -0.25) is 13.9 Å². The number of nitrogens with zero attached hydrogens (tertiary/aromatic N) is 5. The number of hydrogen-bond acceptors (Lipinski definition) is 8. The van der Waals surface area contributed by atoms with Gasteiger partial charge in [-0.1, -0.05) is 13.0 Å². The molecule has 0 unspecified atom stereocenters. The average molecular weight is 690 g/mol. The summed E-state index contributed by atoms with van der Waals surface area (Å²) in [6.07, 6.45) is 3.98. The molecule has 1 saturated carbocycles. The number of carbonyl (C=O) groups is 2. The van der Waals surface area contributed by atoms with Crippen LogP contribution in [0.25, 0.3) is 16.6 Å². The first-order valence-corrected chi connectivity index (χ1v) is 18.1. The van der Waals surface area contributed by atoms with E-state index in [9.17, 15) is 48.2 Å². The zero-order valence-corrected chi connectivity index (χ0v) is 27.0. The van der Waals surface area contributed by atoms with Gasteiger partial charge in [0.15, 0.2) is 0 Å². The van der Waals surface area contributed by atoms with Gasteiger partial charge in [-0.25, -0.2) is 14.6 Å². The molecule has 0 radical (unpaired) electrons. The van der Waals surface area contributed by atoms with E-state index < -0.39 is 44.2 Å². The van der Waals surface area contributed by atoms with Gasteiger partial charge in [0.25, 0.3) is 0 Å². The van der Waals surface area contributed by atoms with E-state index in [0.717, 1.165) is 29.0 Å². The first-order valence-electron chi connectivity index (χ1n) is 14.9. The second-order valence-electron chi connectivity index (χ2n) is 11.7. The molecule has 250 valence electrons. The summed E-state index contributed by atoms with van der Waals surface area (Å²) in [6.45, 7) is 2.32. The number of benzene rings is 1. The summed E-state index contributed by atoms with van der Waals surface area (Å²) in [4.78, 5) is 86.5. The first-order chi connectivity index (χ1) is 22.1. The zero-order valence-electron chi connectivity index (χ0n) is 25.2. The third-order valence-corrected chi connectivity index (χ3v) is 12.6. The van der Waals surface area contributed by atoms with E-state index in [-0.39, 0.29) is 43.5 Å². The van der Waals surface area contributed by atoms with Gasteiger partial charge in [-0.05, 0) is 49.1 Å². The number of aromatic carboxylic acids is 1. The number of carbonyl (C=O) groups excluding carboxylic acids is 1. The van der Waals surface area contributed by atoms with Gasteiger partial charge in [0.05, 0.1) is 11.9 Å². The SMILES string of the molecule is CCc1cc2c(=O)c(C(=O)O)cn(C3CC3)c2cc1N1CCN(C(=O)OC(Cc2cnc3ccccn23)(P(=O)(O)O)P(=O)(O)O)CC1. The van der Waals surface area contributed by atoms with E-state index in [1.165, 1.54) is 23.0 Å². The van der Waals surface area contributed by atoms with Crippen LogP contribution in [-0.4, -0.2) is 86.9 Å². The number of fused-ring (bicyclic) bond motifs is 2. The molecule has 16 nitrogen and oxygen atoms in total. The molecule has 1 aromatic carbocycles. The van der Waals surface area contributed by atoms with Crippen LogP contribution in [0, 0.1) is 0 Å². The van der Waals surface area contributed by atoms with Crippen molar-refractivity contribution in [2.75, 3.05) is 31.1 Å².